The quantitative estimate of drug-likeness (QED) is 0.871. The van der Waals surface area contributed by atoms with Crippen LogP contribution in [0.3, 0.4) is 0 Å². The number of hydrogen-bond donors (Lipinski definition) is 1. The van der Waals surface area contributed by atoms with Crippen molar-refractivity contribution in [3.05, 3.63) is 29.8 Å². The van der Waals surface area contributed by atoms with Crippen LogP contribution >= 0.6 is 0 Å². The van der Waals surface area contributed by atoms with Gasteiger partial charge in [0, 0.05) is 18.8 Å². The van der Waals surface area contributed by atoms with Crippen molar-refractivity contribution in [2.45, 2.75) is 45.1 Å². The molecule has 0 heterocycles. The summed E-state index contributed by atoms with van der Waals surface area (Å²) in [7, 11) is 1.82. The second kappa shape index (κ2) is 5.89. The van der Waals surface area contributed by atoms with Gasteiger partial charge in [0.1, 0.15) is 0 Å². The van der Waals surface area contributed by atoms with Crippen LogP contribution in [0.5, 0.6) is 0 Å². The summed E-state index contributed by atoms with van der Waals surface area (Å²) in [6.07, 6.45) is 5.74. The predicted octanol–water partition coefficient (Wildman–Crippen LogP) is 3.34. The Morgan fingerprint density at radius 1 is 1.28 bits per heavy atom. The van der Waals surface area contributed by atoms with Gasteiger partial charge < -0.3 is 5.32 Å². The van der Waals surface area contributed by atoms with Crippen LogP contribution in [0.1, 0.15) is 38.2 Å². The minimum absolute atomic E-state index is 0.00569. The molecule has 0 aliphatic heterocycles. The van der Waals surface area contributed by atoms with Crippen LogP contribution < -0.4 is 10.2 Å². The second-order valence-electron chi connectivity index (χ2n) is 5.01. The van der Waals surface area contributed by atoms with E-state index in [0.29, 0.717) is 6.04 Å². The van der Waals surface area contributed by atoms with E-state index in [2.05, 4.69) is 24.4 Å². The highest BCUT2D eigenvalue weighted by atomic mass is 16.2. The highest BCUT2D eigenvalue weighted by Crippen LogP contribution is 2.19. The molecule has 1 aromatic carbocycles. The van der Waals surface area contributed by atoms with Gasteiger partial charge >= 0.3 is 6.03 Å². The fraction of sp³-hybridized carbons (Fsp3) is 0.533. The maximum absolute atomic E-state index is 12.1. The topological polar surface area (TPSA) is 32.3 Å². The number of anilines is 1. The minimum Gasteiger partial charge on any atom is -0.335 e. The van der Waals surface area contributed by atoms with Gasteiger partial charge in [-0.1, -0.05) is 31.9 Å². The second-order valence-corrected chi connectivity index (χ2v) is 5.01. The van der Waals surface area contributed by atoms with E-state index >= 15 is 0 Å². The lowest BCUT2D eigenvalue weighted by atomic mass is 10.1. The third kappa shape index (κ3) is 3.03. The Bertz CT molecular complexity index is 393. The Morgan fingerprint density at radius 2 is 1.89 bits per heavy atom. The highest BCUT2D eigenvalue weighted by molar-refractivity contribution is 5.91. The molecule has 1 fully saturated rings. The molecule has 18 heavy (non-hydrogen) atoms. The van der Waals surface area contributed by atoms with E-state index in [1.54, 1.807) is 4.90 Å². The zero-order valence-corrected chi connectivity index (χ0v) is 11.3. The molecule has 98 valence electrons. The smallest absolute Gasteiger partial charge is 0.321 e. The largest absolute Gasteiger partial charge is 0.335 e. The Labute approximate surface area is 109 Å². The first-order valence-corrected chi connectivity index (χ1v) is 6.84. The maximum atomic E-state index is 12.1. The Morgan fingerprint density at radius 3 is 2.44 bits per heavy atom. The number of amides is 2. The number of nitrogens with one attached hydrogen (secondary N) is 1. The first-order valence-electron chi connectivity index (χ1n) is 6.84. The molecule has 1 aromatic rings. The van der Waals surface area contributed by atoms with Gasteiger partial charge in [-0.3, -0.25) is 4.90 Å². The Hall–Kier alpha value is -1.51. The summed E-state index contributed by atoms with van der Waals surface area (Å²) in [5.74, 6) is 0. The molecule has 1 N–H and O–H groups in total. The van der Waals surface area contributed by atoms with Crippen molar-refractivity contribution in [1.29, 1.82) is 0 Å². The SMILES string of the molecule is CCc1ccc(N(C)C(=O)NC2CCCC2)cc1. The third-order valence-electron chi connectivity index (χ3n) is 3.72. The van der Waals surface area contributed by atoms with Crippen molar-refractivity contribution in [3.63, 3.8) is 0 Å². The number of carbonyl (C=O) groups is 1. The minimum atomic E-state index is 0.00569. The van der Waals surface area contributed by atoms with Crippen LogP contribution in [-0.4, -0.2) is 19.1 Å². The van der Waals surface area contributed by atoms with Crippen molar-refractivity contribution in [2.75, 3.05) is 11.9 Å². The molecule has 0 atom stereocenters. The van der Waals surface area contributed by atoms with Crippen LogP contribution in [0.25, 0.3) is 0 Å². The lowest BCUT2D eigenvalue weighted by Gasteiger charge is -2.21. The molecular weight excluding hydrogens is 224 g/mol. The normalized spacial score (nSPS) is 15.7. The van der Waals surface area contributed by atoms with E-state index < -0.39 is 0 Å². The molecule has 0 spiro atoms. The fourth-order valence-electron chi connectivity index (χ4n) is 2.41. The van der Waals surface area contributed by atoms with E-state index in [-0.39, 0.29) is 6.03 Å². The van der Waals surface area contributed by atoms with Crippen molar-refractivity contribution in [3.8, 4) is 0 Å². The van der Waals surface area contributed by atoms with Crippen molar-refractivity contribution in [1.82, 2.24) is 5.32 Å². The monoisotopic (exact) mass is 246 g/mol. The van der Waals surface area contributed by atoms with E-state index in [0.717, 1.165) is 24.9 Å². The fourth-order valence-corrected chi connectivity index (χ4v) is 2.41. The molecule has 0 aromatic heterocycles. The highest BCUT2D eigenvalue weighted by Gasteiger charge is 2.19. The summed E-state index contributed by atoms with van der Waals surface area (Å²) in [6.45, 7) is 2.13. The molecule has 0 bridgehead atoms. The van der Waals surface area contributed by atoms with Crippen molar-refractivity contribution >= 4 is 11.7 Å². The van der Waals surface area contributed by atoms with Gasteiger partial charge in [0.15, 0.2) is 0 Å². The molecule has 2 rings (SSSR count). The van der Waals surface area contributed by atoms with E-state index in [1.165, 1.54) is 18.4 Å². The molecule has 0 radical (unpaired) electrons. The summed E-state index contributed by atoms with van der Waals surface area (Å²) >= 11 is 0. The molecule has 0 unspecified atom stereocenters. The summed E-state index contributed by atoms with van der Waals surface area (Å²) in [6, 6.07) is 8.55. The number of benzene rings is 1. The van der Waals surface area contributed by atoms with Gasteiger partial charge in [-0.15, -0.1) is 0 Å². The van der Waals surface area contributed by atoms with E-state index in [4.69, 9.17) is 0 Å². The molecule has 3 nitrogen and oxygen atoms in total. The average Bonchev–Trinajstić information content (AvgIpc) is 2.91. The molecule has 1 aliphatic rings. The summed E-state index contributed by atoms with van der Waals surface area (Å²) in [5.41, 5.74) is 2.24. The van der Waals surface area contributed by atoms with Crippen LogP contribution in [0.2, 0.25) is 0 Å². The van der Waals surface area contributed by atoms with Crippen molar-refractivity contribution < 1.29 is 4.79 Å². The summed E-state index contributed by atoms with van der Waals surface area (Å²) in [4.78, 5) is 13.8. The van der Waals surface area contributed by atoms with E-state index in [1.807, 2.05) is 19.2 Å². The Kier molecular flexibility index (Phi) is 4.24. The van der Waals surface area contributed by atoms with Gasteiger partial charge in [0.05, 0.1) is 0 Å². The predicted molar refractivity (Wildman–Crippen MR) is 75.0 cm³/mol. The molecule has 2 amide bonds. The van der Waals surface area contributed by atoms with Gasteiger partial charge in [-0.2, -0.15) is 0 Å². The molecule has 3 heteroatoms. The van der Waals surface area contributed by atoms with Crippen LogP contribution in [0.4, 0.5) is 10.5 Å². The molecule has 1 aliphatic carbocycles. The standard InChI is InChI=1S/C15H22N2O/c1-3-12-8-10-14(11-9-12)17(2)15(18)16-13-6-4-5-7-13/h8-11,13H,3-7H2,1-2H3,(H,16,18). The maximum Gasteiger partial charge on any atom is 0.321 e. The number of aryl methyl sites for hydroxylation is 1. The zero-order valence-electron chi connectivity index (χ0n) is 11.3. The van der Waals surface area contributed by atoms with Crippen LogP contribution in [-0.2, 0) is 6.42 Å². The summed E-state index contributed by atoms with van der Waals surface area (Å²) in [5, 5.41) is 3.09. The number of hydrogen-bond acceptors (Lipinski definition) is 1. The van der Waals surface area contributed by atoms with Crippen LogP contribution in [0, 0.1) is 0 Å². The van der Waals surface area contributed by atoms with Gasteiger partial charge in [-0.25, -0.2) is 4.79 Å². The van der Waals surface area contributed by atoms with Crippen molar-refractivity contribution in [2.24, 2.45) is 0 Å². The van der Waals surface area contributed by atoms with Gasteiger partial charge in [0.25, 0.3) is 0 Å². The lowest BCUT2D eigenvalue weighted by molar-refractivity contribution is 0.244. The number of rotatable bonds is 3. The zero-order chi connectivity index (χ0) is 13.0. The molecular formula is C15H22N2O. The molecule has 0 saturated heterocycles. The Balaban J connectivity index is 1.95. The first kappa shape index (κ1) is 12.9. The lowest BCUT2D eigenvalue weighted by Crippen LogP contribution is -2.42. The molecule has 1 saturated carbocycles. The van der Waals surface area contributed by atoms with E-state index in [9.17, 15) is 4.79 Å². The van der Waals surface area contributed by atoms with Gasteiger partial charge in [-0.05, 0) is 37.0 Å². The number of nitrogens with zero attached hydrogens (tertiary/aromatic N) is 1. The number of carbonyl (C=O) groups excluding carboxylic acids is 1. The average molecular weight is 246 g/mol. The third-order valence-corrected chi connectivity index (χ3v) is 3.72. The van der Waals surface area contributed by atoms with Gasteiger partial charge in [0.2, 0.25) is 0 Å². The first-order chi connectivity index (χ1) is 8.70. The number of urea groups is 1. The van der Waals surface area contributed by atoms with Crippen LogP contribution in [0.15, 0.2) is 24.3 Å². The summed E-state index contributed by atoms with van der Waals surface area (Å²) < 4.78 is 0.